The molecule has 0 aliphatic heterocycles. The molecule has 0 unspecified atom stereocenters. The third kappa shape index (κ3) is 3.26. The van der Waals surface area contributed by atoms with Crippen molar-refractivity contribution in [3.63, 3.8) is 0 Å². The number of nitrogens with one attached hydrogen (secondary N) is 1. The molecule has 24 heavy (non-hydrogen) atoms. The van der Waals surface area contributed by atoms with Crippen molar-refractivity contribution < 1.29 is 9.21 Å². The Kier molecular flexibility index (Phi) is 4.53. The number of nitrogens with zero attached hydrogens (tertiary/aromatic N) is 2. The highest BCUT2D eigenvalue weighted by molar-refractivity contribution is 6.30. The smallest absolute Gasteiger partial charge is 0.307 e. The van der Waals surface area contributed by atoms with Crippen molar-refractivity contribution in [2.75, 3.05) is 0 Å². The van der Waals surface area contributed by atoms with Crippen molar-refractivity contribution in [3.8, 4) is 5.69 Å². The minimum absolute atomic E-state index is 0.221. The third-order valence-corrected chi connectivity index (χ3v) is 3.92. The van der Waals surface area contributed by atoms with Gasteiger partial charge in [-0.25, -0.2) is 5.43 Å². The lowest BCUT2D eigenvalue weighted by Crippen LogP contribution is -2.16. The summed E-state index contributed by atoms with van der Waals surface area (Å²) in [6.45, 7) is 4.01. The summed E-state index contributed by atoms with van der Waals surface area (Å²) in [6.07, 6.45) is 3.06. The second-order valence-corrected chi connectivity index (χ2v) is 5.75. The summed E-state index contributed by atoms with van der Waals surface area (Å²) < 4.78 is 7.11. The quantitative estimate of drug-likeness (QED) is 0.573. The molecule has 0 fully saturated rings. The largest absolute Gasteiger partial charge is 0.459 e. The molecule has 1 N–H and O–H groups in total. The number of furan rings is 1. The fourth-order valence-electron chi connectivity index (χ4n) is 2.53. The van der Waals surface area contributed by atoms with Crippen molar-refractivity contribution in [1.29, 1.82) is 0 Å². The number of aromatic nitrogens is 1. The first-order chi connectivity index (χ1) is 11.6. The van der Waals surface area contributed by atoms with Gasteiger partial charge in [0.25, 0.3) is 0 Å². The van der Waals surface area contributed by atoms with Gasteiger partial charge in [0.15, 0.2) is 5.76 Å². The predicted molar refractivity (Wildman–Crippen MR) is 94.0 cm³/mol. The summed E-state index contributed by atoms with van der Waals surface area (Å²) in [4.78, 5) is 11.8. The van der Waals surface area contributed by atoms with Gasteiger partial charge < -0.3 is 8.98 Å². The molecule has 0 spiro atoms. The maximum atomic E-state index is 11.8. The summed E-state index contributed by atoms with van der Waals surface area (Å²) in [5.74, 6) is -0.165. The molecule has 3 aromatic rings. The van der Waals surface area contributed by atoms with Crippen LogP contribution in [0.3, 0.4) is 0 Å². The number of rotatable bonds is 4. The Bertz CT molecular complexity index is 878. The van der Waals surface area contributed by atoms with Crippen LogP contribution in [-0.2, 0) is 0 Å². The van der Waals surface area contributed by atoms with Gasteiger partial charge in [-0.2, -0.15) is 5.10 Å². The molecule has 6 heteroatoms. The lowest BCUT2D eigenvalue weighted by molar-refractivity contribution is 0.0927. The Labute approximate surface area is 144 Å². The minimum Gasteiger partial charge on any atom is -0.459 e. The SMILES string of the molecule is Cc1cc(/C=N\NC(=O)c2ccco2)c(C)n1-c1ccc(Cl)cc1. The molecule has 0 saturated heterocycles. The summed E-state index contributed by atoms with van der Waals surface area (Å²) in [6, 6.07) is 12.9. The van der Waals surface area contributed by atoms with Gasteiger partial charge in [-0.15, -0.1) is 0 Å². The third-order valence-electron chi connectivity index (χ3n) is 3.67. The van der Waals surface area contributed by atoms with Crippen molar-refractivity contribution in [2.24, 2.45) is 5.10 Å². The summed E-state index contributed by atoms with van der Waals surface area (Å²) in [5, 5.41) is 4.70. The Morgan fingerprint density at radius 1 is 1.25 bits per heavy atom. The van der Waals surface area contributed by atoms with Gasteiger partial charge in [-0.3, -0.25) is 4.79 Å². The van der Waals surface area contributed by atoms with E-state index in [9.17, 15) is 4.79 Å². The second kappa shape index (κ2) is 6.76. The zero-order chi connectivity index (χ0) is 17.1. The molecule has 0 atom stereocenters. The number of halogens is 1. The van der Waals surface area contributed by atoms with Gasteiger partial charge in [0.2, 0.25) is 0 Å². The molecule has 1 aromatic carbocycles. The molecule has 1 amide bonds. The van der Waals surface area contributed by atoms with Crippen LogP contribution < -0.4 is 5.43 Å². The van der Waals surface area contributed by atoms with E-state index in [4.69, 9.17) is 16.0 Å². The molecular weight excluding hydrogens is 326 g/mol. The topological polar surface area (TPSA) is 59.5 Å². The van der Waals surface area contributed by atoms with E-state index in [1.165, 1.54) is 6.26 Å². The zero-order valence-corrected chi connectivity index (χ0v) is 14.0. The number of hydrogen-bond donors (Lipinski definition) is 1. The normalized spacial score (nSPS) is 11.1. The first-order valence-electron chi connectivity index (χ1n) is 7.38. The highest BCUT2D eigenvalue weighted by atomic mass is 35.5. The van der Waals surface area contributed by atoms with Gasteiger partial charge in [0.1, 0.15) is 0 Å². The van der Waals surface area contributed by atoms with Crippen LogP contribution in [0.25, 0.3) is 5.69 Å². The number of hydrogen-bond acceptors (Lipinski definition) is 3. The van der Waals surface area contributed by atoms with Crippen molar-refractivity contribution in [3.05, 3.63) is 76.5 Å². The zero-order valence-electron chi connectivity index (χ0n) is 13.3. The number of benzene rings is 1. The van der Waals surface area contributed by atoms with Crippen LogP contribution in [0.2, 0.25) is 5.02 Å². The fraction of sp³-hybridized carbons (Fsp3) is 0.111. The van der Waals surface area contributed by atoms with E-state index in [0.29, 0.717) is 5.02 Å². The number of carbonyl (C=O) groups excluding carboxylic acids is 1. The first-order valence-corrected chi connectivity index (χ1v) is 7.76. The summed E-state index contributed by atoms with van der Waals surface area (Å²) >= 11 is 5.95. The van der Waals surface area contributed by atoms with Crippen LogP contribution in [0.15, 0.2) is 58.2 Å². The molecule has 122 valence electrons. The van der Waals surface area contributed by atoms with Gasteiger partial charge in [-0.1, -0.05) is 11.6 Å². The van der Waals surface area contributed by atoms with Crippen molar-refractivity contribution in [1.82, 2.24) is 9.99 Å². The van der Waals surface area contributed by atoms with Crippen LogP contribution in [-0.4, -0.2) is 16.7 Å². The average molecular weight is 342 g/mol. The molecule has 0 radical (unpaired) electrons. The standard InChI is InChI=1S/C18H16ClN3O2/c1-12-10-14(11-20-21-18(23)17-4-3-9-24-17)13(2)22(12)16-7-5-15(19)6-8-16/h3-11H,1-2H3,(H,21,23)/b20-11-. The van der Waals surface area contributed by atoms with Crippen LogP contribution in [0, 0.1) is 13.8 Å². The van der Waals surface area contributed by atoms with Crippen molar-refractivity contribution >= 4 is 23.7 Å². The molecule has 2 heterocycles. The molecule has 0 aliphatic rings. The van der Waals surface area contributed by atoms with Gasteiger partial charge in [0.05, 0.1) is 12.5 Å². The van der Waals surface area contributed by atoms with E-state index in [1.807, 2.05) is 44.2 Å². The highest BCUT2D eigenvalue weighted by Gasteiger charge is 2.10. The van der Waals surface area contributed by atoms with E-state index in [1.54, 1.807) is 18.3 Å². The number of aryl methyl sites for hydroxylation is 1. The molecule has 0 bridgehead atoms. The fourth-order valence-corrected chi connectivity index (χ4v) is 2.66. The number of amides is 1. The number of carbonyl (C=O) groups is 1. The Morgan fingerprint density at radius 3 is 2.67 bits per heavy atom. The summed E-state index contributed by atoms with van der Waals surface area (Å²) in [5.41, 5.74) is 6.47. The molecule has 0 aliphatic carbocycles. The van der Waals surface area contributed by atoms with E-state index >= 15 is 0 Å². The van der Waals surface area contributed by atoms with Gasteiger partial charge >= 0.3 is 5.91 Å². The van der Waals surface area contributed by atoms with Crippen LogP contribution in [0.1, 0.15) is 27.5 Å². The van der Waals surface area contributed by atoms with Crippen LogP contribution in [0.4, 0.5) is 0 Å². The maximum Gasteiger partial charge on any atom is 0.307 e. The lowest BCUT2D eigenvalue weighted by Gasteiger charge is -2.09. The Morgan fingerprint density at radius 2 is 2.00 bits per heavy atom. The van der Waals surface area contributed by atoms with Crippen LogP contribution >= 0.6 is 11.6 Å². The molecule has 0 saturated carbocycles. The first kappa shape index (κ1) is 16.1. The minimum atomic E-state index is -0.386. The average Bonchev–Trinajstić information content (AvgIpc) is 3.18. The Hall–Kier alpha value is -2.79. The predicted octanol–water partition coefficient (Wildman–Crippen LogP) is 4.10. The van der Waals surface area contributed by atoms with Crippen LogP contribution in [0.5, 0.6) is 0 Å². The monoisotopic (exact) mass is 341 g/mol. The molecule has 2 aromatic heterocycles. The van der Waals surface area contributed by atoms with E-state index in [2.05, 4.69) is 15.1 Å². The summed E-state index contributed by atoms with van der Waals surface area (Å²) in [7, 11) is 0. The van der Waals surface area contributed by atoms with E-state index in [0.717, 1.165) is 22.6 Å². The highest BCUT2D eigenvalue weighted by Crippen LogP contribution is 2.21. The number of hydrazone groups is 1. The molecular formula is C18H16ClN3O2. The molecule has 5 nitrogen and oxygen atoms in total. The second-order valence-electron chi connectivity index (χ2n) is 5.31. The maximum absolute atomic E-state index is 11.8. The van der Waals surface area contributed by atoms with E-state index in [-0.39, 0.29) is 11.7 Å². The van der Waals surface area contributed by atoms with Crippen molar-refractivity contribution in [2.45, 2.75) is 13.8 Å². The van der Waals surface area contributed by atoms with Gasteiger partial charge in [-0.05, 0) is 56.3 Å². The Balaban J connectivity index is 1.80. The van der Waals surface area contributed by atoms with E-state index < -0.39 is 0 Å². The lowest BCUT2D eigenvalue weighted by atomic mass is 10.2. The van der Waals surface area contributed by atoms with Gasteiger partial charge in [0, 0.05) is 27.7 Å². The molecule has 3 rings (SSSR count).